The van der Waals surface area contributed by atoms with E-state index in [9.17, 15) is 19.8 Å². The SMILES string of the molecule is O=C([O-])/C=C/c1ccc(/C=C/C(=O)[O-])cc1.[Na+].[Na+]. The van der Waals surface area contributed by atoms with E-state index in [0.29, 0.717) is 11.1 Å². The number of carbonyl (C=O) groups is 2. The van der Waals surface area contributed by atoms with E-state index in [1.165, 1.54) is 12.2 Å². The maximum atomic E-state index is 10.1. The number of benzene rings is 1. The summed E-state index contributed by atoms with van der Waals surface area (Å²) < 4.78 is 0. The molecule has 1 aromatic rings. The van der Waals surface area contributed by atoms with Gasteiger partial charge < -0.3 is 19.8 Å². The predicted molar refractivity (Wildman–Crippen MR) is 54.5 cm³/mol. The number of carbonyl (C=O) groups excluding carboxylic acids is 2. The van der Waals surface area contributed by atoms with Crippen LogP contribution >= 0.6 is 0 Å². The predicted octanol–water partition coefficient (Wildman–Crippen LogP) is -6.78. The van der Waals surface area contributed by atoms with Crippen molar-refractivity contribution in [3.8, 4) is 0 Å². The molecule has 0 saturated carbocycles. The summed E-state index contributed by atoms with van der Waals surface area (Å²) in [6.45, 7) is 0. The molecule has 0 saturated heterocycles. The second-order valence-corrected chi connectivity index (χ2v) is 2.97. The van der Waals surface area contributed by atoms with E-state index < -0.39 is 11.9 Å². The molecule has 0 aromatic heterocycles. The van der Waals surface area contributed by atoms with Gasteiger partial charge in [0.1, 0.15) is 0 Å². The van der Waals surface area contributed by atoms with E-state index in [1.807, 2.05) is 0 Å². The van der Waals surface area contributed by atoms with Crippen LogP contribution in [0.2, 0.25) is 0 Å². The molecule has 0 heterocycles. The molecular formula is C12H8Na2O4. The van der Waals surface area contributed by atoms with Crippen molar-refractivity contribution < 1.29 is 78.9 Å². The molecule has 0 spiro atoms. The van der Waals surface area contributed by atoms with E-state index >= 15 is 0 Å². The summed E-state index contributed by atoms with van der Waals surface area (Å²) in [6.07, 6.45) is 4.63. The quantitative estimate of drug-likeness (QED) is 0.399. The second-order valence-electron chi connectivity index (χ2n) is 2.97. The summed E-state index contributed by atoms with van der Waals surface area (Å²) in [4.78, 5) is 20.3. The topological polar surface area (TPSA) is 80.3 Å². The van der Waals surface area contributed by atoms with Gasteiger partial charge >= 0.3 is 59.1 Å². The van der Waals surface area contributed by atoms with Gasteiger partial charge in [0.05, 0.1) is 11.9 Å². The molecule has 1 rings (SSSR count). The van der Waals surface area contributed by atoms with Gasteiger partial charge in [-0.1, -0.05) is 36.4 Å². The summed E-state index contributed by atoms with van der Waals surface area (Å²) in [6, 6.07) is 6.64. The summed E-state index contributed by atoms with van der Waals surface area (Å²) >= 11 is 0. The molecule has 0 unspecified atom stereocenters. The number of rotatable bonds is 4. The fourth-order valence-electron chi connectivity index (χ4n) is 1.05. The van der Waals surface area contributed by atoms with Gasteiger partial charge in [-0.05, 0) is 23.3 Å². The minimum Gasteiger partial charge on any atom is -0.545 e. The van der Waals surface area contributed by atoms with Crippen LogP contribution in [0.4, 0.5) is 0 Å². The van der Waals surface area contributed by atoms with Crippen LogP contribution in [-0.4, -0.2) is 11.9 Å². The van der Waals surface area contributed by atoms with Crippen LogP contribution in [0.3, 0.4) is 0 Å². The van der Waals surface area contributed by atoms with Gasteiger partial charge in [-0.2, -0.15) is 0 Å². The van der Waals surface area contributed by atoms with Gasteiger partial charge in [0.15, 0.2) is 0 Å². The maximum Gasteiger partial charge on any atom is 1.00 e. The maximum absolute atomic E-state index is 10.1. The molecule has 0 N–H and O–H groups in total. The number of hydrogen-bond acceptors (Lipinski definition) is 4. The Labute approximate surface area is 149 Å². The van der Waals surface area contributed by atoms with Crippen molar-refractivity contribution in [2.75, 3.05) is 0 Å². The number of carboxylic acids is 2. The Balaban J connectivity index is 0. The van der Waals surface area contributed by atoms with Crippen molar-refractivity contribution in [1.29, 1.82) is 0 Å². The van der Waals surface area contributed by atoms with E-state index in [2.05, 4.69) is 0 Å². The molecule has 0 aliphatic carbocycles. The third-order valence-electron chi connectivity index (χ3n) is 1.76. The summed E-state index contributed by atoms with van der Waals surface area (Å²) in [5.41, 5.74) is 1.38. The first-order valence-corrected chi connectivity index (χ1v) is 4.46. The van der Waals surface area contributed by atoms with Crippen molar-refractivity contribution in [2.24, 2.45) is 0 Å². The van der Waals surface area contributed by atoms with Gasteiger partial charge in [-0.15, -0.1) is 0 Å². The van der Waals surface area contributed by atoms with Gasteiger partial charge in [0.2, 0.25) is 0 Å². The molecular weight excluding hydrogens is 254 g/mol. The van der Waals surface area contributed by atoms with E-state index in [4.69, 9.17) is 0 Å². The first kappa shape index (κ1) is 20.0. The van der Waals surface area contributed by atoms with Crippen molar-refractivity contribution >= 4 is 24.1 Å². The molecule has 18 heavy (non-hydrogen) atoms. The van der Waals surface area contributed by atoms with E-state index in [1.54, 1.807) is 24.3 Å². The molecule has 0 bridgehead atoms. The first-order chi connectivity index (χ1) is 7.58. The van der Waals surface area contributed by atoms with Gasteiger partial charge in [0.25, 0.3) is 0 Å². The Hall–Kier alpha value is -0.360. The third-order valence-corrected chi connectivity index (χ3v) is 1.76. The fraction of sp³-hybridized carbons (Fsp3) is 0. The molecule has 82 valence electrons. The molecule has 0 aliphatic rings. The van der Waals surface area contributed by atoms with Crippen LogP contribution in [0, 0.1) is 0 Å². The normalized spacial score (nSPS) is 9.78. The summed E-state index contributed by atoms with van der Waals surface area (Å²) in [5, 5.41) is 20.3. The van der Waals surface area contributed by atoms with Crippen LogP contribution in [-0.2, 0) is 9.59 Å². The molecule has 1 aromatic carbocycles. The number of carboxylic acid groups (broad SMARTS) is 2. The second kappa shape index (κ2) is 10.6. The van der Waals surface area contributed by atoms with Crippen LogP contribution in [0.5, 0.6) is 0 Å². The number of hydrogen-bond donors (Lipinski definition) is 0. The Bertz CT molecular complexity index is 407. The monoisotopic (exact) mass is 262 g/mol. The average Bonchev–Trinajstić information content (AvgIpc) is 2.25. The molecule has 0 radical (unpaired) electrons. The fourth-order valence-corrected chi connectivity index (χ4v) is 1.05. The average molecular weight is 262 g/mol. The zero-order valence-corrected chi connectivity index (χ0v) is 14.3. The van der Waals surface area contributed by atoms with Crippen LogP contribution in [0.25, 0.3) is 12.2 Å². The van der Waals surface area contributed by atoms with Crippen molar-refractivity contribution in [2.45, 2.75) is 0 Å². The van der Waals surface area contributed by atoms with Gasteiger partial charge in [-0.25, -0.2) is 0 Å². The van der Waals surface area contributed by atoms with Crippen LogP contribution in [0.15, 0.2) is 36.4 Å². The summed E-state index contributed by atoms with van der Waals surface area (Å²) in [5.74, 6) is -2.53. The molecule has 0 atom stereocenters. The molecule has 0 fully saturated rings. The Morgan fingerprint density at radius 1 is 0.778 bits per heavy atom. The summed E-state index contributed by atoms with van der Waals surface area (Å²) in [7, 11) is 0. The van der Waals surface area contributed by atoms with Gasteiger partial charge in [-0.3, -0.25) is 0 Å². The minimum atomic E-state index is -1.26. The zero-order chi connectivity index (χ0) is 12.0. The van der Waals surface area contributed by atoms with Crippen molar-refractivity contribution in [3.05, 3.63) is 47.5 Å². The van der Waals surface area contributed by atoms with E-state index in [-0.39, 0.29) is 59.1 Å². The molecule has 4 nitrogen and oxygen atoms in total. The zero-order valence-electron chi connectivity index (χ0n) is 10.3. The first-order valence-electron chi connectivity index (χ1n) is 4.46. The van der Waals surface area contributed by atoms with Crippen molar-refractivity contribution in [1.82, 2.24) is 0 Å². The van der Waals surface area contributed by atoms with Crippen LogP contribution < -0.4 is 69.3 Å². The standard InChI is InChI=1S/C12H10O4.2Na/c13-11(14)7-5-9-1-2-10(4-3-9)6-8-12(15)16;;/h1-8H,(H,13,14)(H,15,16);;/q;2*+1/p-2/b7-5+,8-6+;;. The Kier molecular flexibility index (Phi) is 11.7. The third kappa shape index (κ3) is 8.69. The van der Waals surface area contributed by atoms with Crippen LogP contribution in [0.1, 0.15) is 11.1 Å². The smallest absolute Gasteiger partial charge is 0.545 e. The largest absolute Gasteiger partial charge is 1.00 e. The van der Waals surface area contributed by atoms with Crippen molar-refractivity contribution in [3.63, 3.8) is 0 Å². The molecule has 0 aliphatic heterocycles. The molecule has 0 amide bonds. The van der Waals surface area contributed by atoms with Gasteiger partial charge in [0, 0.05) is 0 Å². The minimum absolute atomic E-state index is 0. The number of aliphatic carboxylic acids is 2. The Morgan fingerprint density at radius 3 is 1.28 bits per heavy atom. The Morgan fingerprint density at radius 2 is 1.06 bits per heavy atom. The van der Waals surface area contributed by atoms with E-state index in [0.717, 1.165) is 12.2 Å². The molecule has 6 heteroatoms.